The van der Waals surface area contributed by atoms with E-state index in [0.29, 0.717) is 26.4 Å². The number of hydrogen-bond acceptors (Lipinski definition) is 4. The van der Waals surface area contributed by atoms with Crippen molar-refractivity contribution in [2.24, 2.45) is 0 Å². The summed E-state index contributed by atoms with van der Waals surface area (Å²) >= 11 is 0. The summed E-state index contributed by atoms with van der Waals surface area (Å²) in [5, 5.41) is 0. The summed E-state index contributed by atoms with van der Waals surface area (Å²) in [6.45, 7) is 11.4. The van der Waals surface area contributed by atoms with Crippen molar-refractivity contribution in [1.82, 2.24) is 0 Å². The van der Waals surface area contributed by atoms with Crippen LogP contribution in [0.4, 0.5) is 0 Å². The molecular weight excluding hydrogens is 412 g/mol. The molecule has 2 aliphatic rings. The van der Waals surface area contributed by atoms with Crippen LogP contribution in [-0.4, -0.2) is 26.4 Å². The number of hydrogen-bond donors (Lipinski definition) is 0. The molecule has 2 aromatic carbocycles. The molecule has 4 rings (SSSR count). The molecule has 4 heteroatoms. The molecule has 0 unspecified atom stereocenters. The average molecular weight is 453 g/mol. The van der Waals surface area contributed by atoms with E-state index in [-0.39, 0.29) is 5.41 Å². The van der Waals surface area contributed by atoms with Gasteiger partial charge in [0.2, 0.25) is 0 Å². The fraction of sp³-hybridized carbons (Fsp3) is 0.586. The minimum atomic E-state index is 0.0336. The molecule has 4 nitrogen and oxygen atoms in total. The van der Waals surface area contributed by atoms with Crippen LogP contribution in [0.25, 0.3) is 0 Å². The summed E-state index contributed by atoms with van der Waals surface area (Å²) in [6, 6.07) is 9.06. The van der Waals surface area contributed by atoms with Crippen LogP contribution in [0.5, 0.6) is 23.0 Å². The smallest absolute Gasteiger partial charge is 0.161 e. The van der Waals surface area contributed by atoms with Gasteiger partial charge in [-0.25, -0.2) is 0 Å². The van der Waals surface area contributed by atoms with Crippen molar-refractivity contribution < 1.29 is 18.9 Å². The Morgan fingerprint density at radius 1 is 0.545 bits per heavy atom. The molecular formula is C29H40O4. The number of ether oxygens (including phenoxy) is 4. The van der Waals surface area contributed by atoms with E-state index in [1.807, 2.05) is 0 Å². The maximum Gasteiger partial charge on any atom is 0.161 e. The summed E-state index contributed by atoms with van der Waals surface area (Å²) in [5.41, 5.74) is 5.67. The molecule has 0 N–H and O–H groups in total. The summed E-state index contributed by atoms with van der Waals surface area (Å²) in [7, 11) is 0. The highest BCUT2D eigenvalue weighted by Crippen LogP contribution is 2.55. The van der Waals surface area contributed by atoms with Gasteiger partial charge in [-0.1, -0.05) is 27.7 Å². The summed E-state index contributed by atoms with van der Waals surface area (Å²) in [4.78, 5) is 0. The van der Waals surface area contributed by atoms with E-state index >= 15 is 0 Å². The molecule has 33 heavy (non-hydrogen) atoms. The van der Waals surface area contributed by atoms with Crippen molar-refractivity contribution in [3.05, 3.63) is 46.5 Å². The highest BCUT2D eigenvalue weighted by atomic mass is 16.5. The standard InChI is InChI=1S/C29H40O4/c1-5-13-30-25-17-21-9-11-29(23(21)19-27(25)32-15-7-3)12-10-22-18-26(31-14-6-2)28(20-24(22)29)33-16-8-4/h17-20H,5-16H2,1-4H3. The largest absolute Gasteiger partial charge is 0.490 e. The molecule has 0 saturated carbocycles. The summed E-state index contributed by atoms with van der Waals surface area (Å²) in [5.74, 6) is 3.58. The minimum Gasteiger partial charge on any atom is -0.490 e. The zero-order chi connectivity index (χ0) is 23.3. The first-order chi connectivity index (χ1) is 16.2. The molecule has 0 aromatic heterocycles. The van der Waals surface area contributed by atoms with E-state index < -0.39 is 0 Å². The first-order valence-electron chi connectivity index (χ1n) is 13.0. The SMILES string of the molecule is CCCOc1cc2c(cc1OCCC)C1(CC2)CCc2cc(OCCC)c(OCCC)cc21. The van der Waals surface area contributed by atoms with Gasteiger partial charge in [-0.3, -0.25) is 0 Å². The van der Waals surface area contributed by atoms with E-state index in [9.17, 15) is 0 Å². The molecule has 0 amide bonds. The van der Waals surface area contributed by atoms with Crippen LogP contribution in [0.2, 0.25) is 0 Å². The highest BCUT2D eigenvalue weighted by molar-refractivity contribution is 5.62. The van der Waals surface area contributed by atoms with E-state index in [1.165, 1.54) is 22.3 Å². The topological polar surface area (TPSA) is 36.9 Å². The van der Waals surface area contributed by atoms with E-state index in [0.717, 1.165) is 74.4 Å². The van der Waals surface area contributed by atoms with Crippen LogP contribution in [0.15, 0.2) is 24.3 Å². The third kappa shape index (κ3) is 4.67. The molecule has 0 bridgehead atoms. The molecule has 2 aliphatic carbocycles. The lowest BCUT2D eigenvalue weighted by Crippen LogP contribution is -2.21. The lowest BCUT2D eigenvalue weighted by molar-refractivity contribution is 0.267. The number of benzene rings is 2. The third-order valence-electron chi connectivity index (χ3n) is 6.86. The van der Waals surface area contributed by atoms with Crippen LogP contribution >= 0.6 is 0 Å². The van der Waals surface area contributed by atoms with Crippen LogP contribution in [0.1, 0.15) is 88.5 Å². The van der Waals surface area contributed by atoms with Crippen LogP contribution < -0.4 is 18.9 Å². The Hall–Kier alpha value is -2.36. The van der Waals surface area contributed by atoms with Gasteiger partial charge in [-0.2, -0.15) is 0 Å². The van der Waals surface area contributed by atoms with Crippen LogP contribution in [-0.2, 0) is 18.3 Å². The Kier molecular flexibility index (Phi) is 7.72. The summed E-state index contributed by atoms with van der Waals surface area (Å²) in [6.07, 6.45) is 8.35. The van der Waals surface area contributed by atoms with Crippen molar-refractivity contribution in [3.8, 4) is 23.0 Å². The second kappa shape index (κ2) is 10.7. The van der Waals surface area contributed by atoms with Crippen molar-refractivity contribution >= 4 is 0 Å². The van der Waals surface area contributed by atoms with Gasteiger partial charge in [0, 0.05) is 5.41 Å². The lowest BCUT2D eigenvalue weighted by atomic mass is 9.76. The first-order valence-corrected chi connectivity index (χ1v) is 13.0. The second-order valence-corrected chi connectivity index (χ2v) is 9.39. The highest BCUT2D eigenvalue weighted by Gasteiger charge is 2.46. The molecule has 0 fully saturated rings. The van der Waals surface area contributed by atoms with Gasteiger partial charge in [0.05, 0.1) is 26.4 Å². The fourth-order valence-electron chi connectivity index (χ4n) is 5.31. The summed E-state index contributed by atoms with van der Waals surface area (Å²) < 4.78 is 24.5. The van der Waals surface area contributed by atoms with Crippen molar-refractivity contribution in [3.63, 3.8) is 0 Å². The third-order valence-corrected chi connectivity index (χ3v) is 6.86. The Morgan fingerprint density at radius 3 is 1.21 bits per heavy atom. The monoisotopic (exact) mass is 452 g/mol. The van der Waals surface area contributed by atoms with Crippen molar-refractivity contribution in [2.45, 2.75) is 84.5 Å². The Morgan fingerprint density at radius 2 is 0.879 bits per heavy atom. The maximum absolute atomic E-state index is 6.17. The first kappa shape index (κ1) is 23.8. The minimum absolute atomic E-state index is 0.0336. The van der Waals surface area contributed by atoms with Gasteiger partial charge < -0.3 is 18.9 Å². The van der Waals surface area contributed by atoms with Gasteiger partial charge in [0.15, 0.2) is 23.0 Å². The van der Waals surface area contributed by atoms with Gasteiger partial charge in [-0.15, -0.1) is 0 Å². The quantitative estimate of drug-likeness (QED) is 0.347. The zero-order valence-corrected chi connectivity index (χ0v) is 20.9. The predicted octanol–water partition coefficient (Wildman–Crippen LogP) is 7.02. The Balaban J connectivity index is 1.75. The second-order valence-electron chi connectivity index (χ2n) is 9.39. The molecule has 2 aromatic rings. The van der Waals surface area contributed by atoms with Crippen molar-refractivity contribution in [1.29, 1.82) is 0 Å². The van der Waals surface area contributed by atoms with E-state index in [4.69, 9.17) is 18.9 Å². The van der Waals surface area contributed by atoms with Crippen LogP contribution in [0.3, 0.4) is 0 Å². The fourth-order valence-corrected chi connectivity index (χ4v) is 5.31. The van der Waals surface area contributed by atoms with Crippen LogP contribution in [0, 0.1) is 0 Å². The Labute approximate surface area is 199 Å². The zero-order valence-electron chi connectivity index (χ0n) is 20.9. The average Bonchev–Trinajstić information content (AvgIpc) is 3.38. The van der Waals surface area contributed by atoms with Gasteiger partial charge >= 0.3 is 0 Å². The Bertz CT molecular complexity index is 872. The molecule has 0 radical (unpaired) electrons. The lowest BCUT2D eigenvalue weighted by Gasteiger charge is -2.28. The molecule has 0 aliphatic heterocycles. The molecule has 0 atom stereocenters. The molecule has 1 spiro atoms. The van der Waals surface area contributed by atoms with Crippen molar-refractivity contribution in [2.75, 3.05) is 26.4 Å². The molecule has 180 valence electrons. The van der Waals surface area contributed by atoms with E-state index in [2.05, 4.69) is 52.0 Å². The molecule has 0 saturated heterocycles. The normalized spacial score (nSPS) is 15.4. The number of fused-ring (bicyclic) bond motifs is 4. The predicted molar refractivity (Wildman–Crippen MR) is 133 cm³/mol. The molecule has 0 heterocycles. The van der Waals surface area contributed by atoms with E-state index in [1.54, 1.807) is 0 Å². The number of rotatable bonds is 12. The van der Waals surface area contributed by atoms with Gasteiger partial charge in [0.25, 0.3) is 0 Å². The maximum atomic E-state index is 6.17. The van der Waals surface area contributed by atoms with Gasteiger partial charge in [-0.05, 0) is 97.9 Å². The number of aryl methyl sites for hydroxylation is 2. The van der Waals surface area contributed by atoms with Gasteiger partial charge in [0.1, 0.15) is 0 Å².